The highest BCUT2D eigenvalue weighted by Gasteiger charge is 2.11. The van der Waals surface area contributed by atoms with Crippen molar-refractivity contribution in [2.75, 3.05) is 0 Å². The molecule has 0 aliphatic heterocycles. The molecule has 0 saturated heterocycles. The molecule has 0 spiro atoms. The maximum atomic E-state index is 11.2. The van der Waals surface area contributed by atoms with E-state index in [0.29, 0.717) is 5.69 Å². The molecule has 5 heteroatoms. The molecule has 144 valence electrons. The first-order valence-electron chi connectivity index (χ1n) is 9.36. The maximum absolute atomic E-state index is 11.2. The van der Waals surface area contributed by atoms with Gasteiger partial charge in [-0.15, -0.1) is 0 Å². The highest BCUT2D eigenvalue weighted by Crippen LogP contribution is 2.24. The van der Waals surface area contributed by atoms with Crippen molar-refractivity contribution in [3.8, 4) is 5.69 Å². The van der Waals surface area contributed by atoms with Gasteiger partial charge < -0.3 is 9.67 Å². The molecule has 4 aromatic rings. The fourth-order valence-electron chi connectivity index (χ4n) is 3.54. The van der Waals surface area contributed by atoms with E-state index < -0.39 is 5.97 Å². The van der Waals surface area contributed by atoms with Crippen LogP contribution < -0.4 is 0 Å². The fourth-order valence-corrected chi connectivity index (χ4v) is 3.54. The first kappa shape index (κ1) is 18.6. The molecule has 1 N–H and O–H groups in total. The quantitative estimate of drug-likeness (QED) is 0.480. The third-order valence-corrected chi connectivity index (χ3v) is 5.11. The zero-order valence-electron chi connectivity index (χ0n) is 16.5. The smallest absolute Gasteiger partial charge is 0.335 e. The van der Waals surface area contributed by atoms with Crippen LogP contribution >= 0.6 is 0 Å². The molecular weight excluding hydrogens is 362 g/mol. The number of hydrogen-bond acceptors (Lipinski definition) is 3. The van der Waals surface area contributed by atoms with Crippen LogP contribution in [0.1, 0.15) is 32.9 Å². The summed E-state index contributed by atoms with van der Waals surface area (Å²) in [6.07, 6.45) is 3.60. The first-order chi connectivity index (χ1) is 13.9. The topological polar surface area (TPSA) is 67.5 Å². The Morgan fingerprint density at radius 1 is 1.07 bits per heavy atom. The number of benzene rings is 2. The van der Waals surface area contributed by atoms with Gasteiger partial charge in [-0.2, -0.15) is 0 Å². The van der Waals surface area contributed by atoms with Crippen molar-refractivity contribution in [1.29, 1.82) is 0 Å². The van der Waals surface area contributed by atoms with Crippen molar-refractivity contribution in [2.45, 2.75) is 20.8 Å². The molecule has 0 fully saturated rings. The van der Waals surface area contributed by atoms with Gasteiger partial charge >= 0.3 is 5.97 Å². The Morgan fingerprint density at radius 2 is 1.90 bits per heavy atom. The van der Waals surface area contributed by atoms with Gasteiger partial charge in [0.25, 0.3) is 0 Å². The molecule has 4 rings (SSSR count). The second-order valence-corrected chi connectivity index (χ2v) is 7.11. The van der Waals surface area contributed by atoms with E-state index in [-0.39, 0.29) is 5.56 Å². The van der Waals surface area contributed by atoms with Crippen LogP contribution in [0.4, 0.5) is 5.69 Å². The van der Waals surface area contributed by atoms with Gasteiger partial charge in [0.15, 0.2) is 0 Å². The number of aryl methyl sites for hydroxylation is 2. The largest absolute Gasteiger partial charge is 0.478 e. The van der Waals surface area contributed by atoms with Gasteiger partial charge in [0, 0.05) is 40.4 Å². The number of nitrogens with zero attached hydrogens (tertiary/aromatic N) is 3. The Hall–Kier alpha value is -3.73. The van der Waals surface area contributed by atoms with Crippen molar-refractivity contribution >= 4 is 28.8 Å². The van der Waals surface area contributed by atoms with Crippen molar-refractivity contribution in [3.05, 3.63) is 88.9 Å². The monoisotopic (exact) mass is 383 g/mol. The molecule has 0 radical (unpaired) electrons. The zero-order chi connectivity index (χ0) is 20.5. The lowest BCUT2D eigenvalue weighted by Gasteiger charge is -2.10. The summed E-state index contributed by atoms with van der Waals surface area (Å²) in [5, 5.41) is 10.3. The molecule has 2 aromatic carbocycles. The van der Waals surface area contributed by atoms with E-state index in [1.54, 1.807) is 30.6 Å². The van der Waals surface area contributed by atoms with E-state index in [4.69, 9.17) is 0 Å². The molecule has 0 amide bonds. The molecule has 0 aliphatic rings. The summed E-state index contributed by atoms with van der Waals surface area (Å²) in [6, 6.07) is 17.3. The lowest BCUT2D eigenvalue weighted by molar-refractivity contribution is 0.0697. The Kier molecular flexibility index (Phi) is 4.72. The molecule has 2 aromatic heterocycles. The average molecular weight is 383 g/mol. The van der Waals surface area contributed by atoms with Gasteiger partial charge in [0.2, 0.25) is 0 Å². The molecule has 0 aliphatic carbocycles. The molecule has 5 nitrogen and oxygen atoms in total. The van der Waals surface area contributed by atoms with Crippen LogP contribution in [0.2, 0.25) is 0 Å². The predicted octanol–water partition coefficient (Wildman–Crippen LogP) is 5.40. The summed E-state index contributed by atoms with van der Waals surface area (Å²) in [5.41, 5.74) is 7.03. The summed E-state index contributed by atoms with van der Waals surface area (Å²) in [6.45, 7) is 6.04. The maximum Gasteiger partial charge on any atom is 0.335 e. The van der Waals surface area contributed by atoms with Gasteiger partial charge in [-0.05, 0) is 68.8 Å². The highest BCUT2D eigenvalue weighted by molar-refractivity contribution is 5.90. The van der Waals surface area contributed by atoms with Gasteiger partial charge in [-0.25, -0.2) is 4.79 Å². The average Bonchev–Trinajstić information content (AvgIpc) is 3.00. The minimum atomic E-state index is -0.953. The fraction of sp³-hybridized carbons (Fsp3) is 0.125. The Labute approximate surface area is 169 Å². The minimum absolute atomic E-state index is 0.234. The van der Waals surface area contributed by atoms with Gasteiger partial charge in [-0.3, -0.25) is 9.98 Å². The second kappa shape index (κ2) is 7.36. The van der Waals surface area contributed by atoms with Crippen molar-refractivity contribution < 1.29 is 9.90 Å². The minimum Gasteiger partial charge on any atom is -0.478 e. The Bertz CT molecular complexity index is 1270. The van der Waals surface area contributed by atoms with E-state index in [9.17, 15) is 9.90 Å². The zero-order valence-corrected chi connectivity index (χ0v) is 16.5. The van der Waals surface area contributed by atoms with Crippen LogP contribution in [-0.2, 0) is 0 Å². The van der Waals surface area contributed by atoms with E-state index in [0.717, 1.165) is 39.1 Å². The normalized spacial score (nSPS) is 11.4. The summed E-state index contributed by atoms with van der Waals surface area (Å²) in [7, 11) is 0. The molecule has 0 unspecified atom stereocenters. The van der Waals surface area contributed by atoms with E-state index in [2.05, 4.69) is 52.7 Å². The number of aromatic nitrogens is 2. The molecular formula is C24H21N3O2. The molecule has 29 heavy (non-hydrogen) atoms. The van der Waals surface area contributed by atoms with Crippen LogP contribution in [0.25, 0.3) is 16.6 Å². The number of fused-ring (bicyclic) bond motifs is 1. The number of carboxylic acid groups (broad SMARTS) is 1. The number of aromatic carboxylic acids is 1. The van der Waals surface area contributed by atoms with Crippen molar-refractivity contribution in [3.63, 3.8) is 0 Å². The predicted molar refractivity (Wildman–Crippen MR) is 116 cm³/mol. The van der Waals surface area contributed by atoms with E-state index in [1.807, 2.05) is 19.1 Å². The summed E-state index contributed by atoms with van der Waals surface area (Å²) in [4.78, 5) is 20.2. The third-order valence-electron chi connectivity index (χ3n) is 5.11. The van der Waals surface area contributed by atoms with Crippen LogP contribution in [0, 0.1) is 20.8 Å². The van der Waals surface area contributed by atoms with E-state index in [1.165, 1.54) is 0 Å². The van der Waals surface area contributed by atoms with Crippen molar-refractivity contribution in [2.24, 2.45) is 4.99 Å². The van der Waals surface area contributed by atoms with Crippen LogP contribution in [0.3, 0.4) is 0 Å². The van der Waals surface area contributed by atoms with Crippen LogP contribution in [0.5, 0.6) is 0 Å². The van der Waals surface area contributed by atoms with E-state index >= 15 is 0 Å². The third kappa shape index (κ3) is 3.55. The molecule has 0 saturated carbocycles. The van der Waals surface area contributed by atoms with Crippen molar-refractivity contribution in [1.82, 2.24) is 9.55 Å². The highest BCUT2D eigenvalue weighted by atomic mass is 16.4. The summed E-state index contributed by atoms with van der Waals surface area (Å²) >= 11 is 0. The number of rotatable bonds is 4. The van der Waals surface area contributed by atoms with Gasteiger partial charge in [0.1, 0.15) is 0 Å². The number of pyridine rings is 1. The second-order valence-electron chi connectivity index (χ2n) is 7.11. The number of carboxylic acids is 1. The SMILES string of the molecule is Cc1ccc(C(=O)O)cc1N=Cc1cc(C)n(-c2ccc3ncccc3c2)c1C. The Balaban J connectivity index is 1.73. The number of carbonyl (C=O) groups is 1. The molecule has 0 bridgehead atoms. The van der Waals surface area contributed by atoms with Crippen LogP contribution in [0.15, 0.2) is 65.8 Å². The lowest BCUT2D eigenvalue weighted by Crippen LogP contribution is -1.99. The molecule has 0 atom stereocenters. The first-order valence-corrected chi connectivity index (χ1v) is 9.36. The standard InChI is InChI=1S/C24H21N3O2/c1-15-6-7-19(24(28)29)13-23(15)26-14-20-11-16(2)27(17(20)3)21-8-9-22-18(12-21)5-4-10-25-22/h4-14H,1-3H3,(H,28,29). The molecule has 2 heterocycles. The summed E-state index contributed by atoms with van der Waals surface area (Å²) in [5.74, 6) is -0.953. The van der Waals surface area contributed by atoms with Gasteiger partial charge in [-0.1, -0.05) is 12.1 Å². The van der Waals surface area contributed by atoms with Crippen LogP contribution in [-0.4, -0.2) is 26.8 Å². The lowest BCUT2D eigenvalue weighted by atomic mass is 10.1. The number of aliphatic imine (C=N–C) groups is 1. The Morgan fingerprint density at radius 3 is 2.69 bits per heavy atom. The number of hydrogen-bond donors (Lipinski definition) is 1. The van der Waals surface area contributed by atoms with Gasteiger partial charge in [0.05, 0.1) is 16.8 Å². The summed E-state index contributed by atoms with van der Waals surface area (Å²) < 4.78 is 2.19.